The number of carbonyl (C=O) groups excluding carboxylic acids is 1. The van der Waals surface area contributed by atoms with Crippen molar-refractivity contribution >= 4 is 11.9 Å². The lowest BCUT2D eigenvalue weighted by Crippen LogP contribution is -2.17. The van der Waals surface area contributed by atoms with Crippen LogP contribution < -0.4 is 5.48 Å². The number of aliphatic carboxylic acids is 1. The van der Waals surface area contributed by atoms with Crippen LogP contribution in [0.4, 0.5) is 0 Å². The summed E-state index contributed by atoms with van der Waals surface area (Å²) in [7, 11) is 0. The summed E-state index contributed by atoms with van der Waals surface area (Å²) in [5.74, 6) is -1.17. The molecular formula is C20H25NO4. The van der Waals surface area contributed by atoms with Gasteiger partial charge in [0, 0.05) is 12.8 Å². The predicted octanol–water partition coefficient (Wildman–Crippen LogP) is 4.27. The molecule has 2 rings (SSSR count). The number of benzene rings is 2. The van der Waals surface area contributed by atoms with Gasteiger partial charge in [0.2, 0.25) is 5.91 Å². The van der Waals surface area contributed by atoms with Gasteiger partial charge in [0.1, 0.15) is 0 Å². The molecule has 0 saturated carbocycles. The molecule has 0 spiro atoms. The number of carboxylic acid groups (broad SMARTS) is 1. The third kappa shape index (κ3) is 9.94. The molecule has 0 aliphatic rings. The van der Waals surface area contributed by atoms with Crippen molar-refractivity contribution in [1.29, 1.82) is 0 Å². The molecule has 0 bridgehead atoms. The maximum atomic E-state index is 10.5. The van der Waals surface area contributed by atoms with Crippen LogP contribution in [-0.2, 0) is 9.59 Å². The Kier molecular flexibility index (Phi) is 10.4. The van der Waals surface area contributed by atoms with E-state index in [1.54, 1.807) is 5.48 Å². The van der Waals surface area contributed by atoms with Gasteiger partial charge in [-0.1, -0.05) is 73.5 Å². The Balaban J connectivity index is 0.000000250. The summed E-state index contributed by atoms with van der Waals surface area (Å²) in [6, 6.07) is 20.8. The minimum absolute atomic E-state index is 0.187. The predicted molar refractivity (Wildman–Crippen MR) is 97.1 cm³/mol. The molecule has 5 nitrogen and oxygen atoms in total. The number of hydrogen-bond donors (Lipinski definition) is 3. The summed E-state index contributed by atoms with van der Waals surface area (Å²) in [4.78, 5) is 20.6. The highest BCUT2D eigenvalue weighted by molar-refractivity contribution is 5.74. The summed E-state index contributed by atoms with van der Waals surface area (Å²) in [5.41, 5.74) is 4.09. The van der Waals surface area contributed by atoms with Crippen molar-refractivity contribution in [1.82, 2.24) is 5.48 Å². The summed E-state index contributed by atoms with van der Waals surface area (Å²) in [6.07, 6.45) is 3.45. The molecule has 2 aromatic carbocycles. The molecule has 0 aliphatic heterocycles. The Morgan fingerprint density at radius 1 is 0.720 bits per heavy atom. The van der Waals surface area contributed by atoms with Gasteiger partial charge in [0.25, 0.3) is 0 Å². The Labute approximate surface area is 148 Å². The van der Waals surface area contributed by atoms with E-state index in [0.717, 1.165) is 12.8 Å². The lowest BCUT2D eigenvalue weighted by molar-refractivity contribution is -0.137. The van der Waals surface area contributed by atoms with Crippen molar-refractivity contribution in [3.63, 3.8) is 0 Å². The zero-order valence-corrected chi connectivity index (χ0v) is 14.2. The summed E-state index contributed by atoms with van der Waals surface area (Å²) >= 11 is 0. The molecule has 0 saturated heterocycles. The average molecular weight is 343 g/mol. The van der Waals surface area contributed by atoms with Gasteiger partial charge >= 0.3 is 5.97 Å². The van der Waals surface area contributed by atoms with E-state index in [4.69, 9.17) is 10.3 Å². The zero-order chi connectivity index (χ0) is 18.3. The van der Waals surface area contributed by atoms with E-state index in [2.05, 4.69) is 48.5 Å². The molecule has 0 atom stereocenters. The van der Waals surface area contributed by atoms with Gasteiger partial charge in [-0.3, -0.25) is 14.8 Å². The zero-order valence-electron chi connectivity index (χ0n) is 14.2. The van der Waals surface area contributed by atoms with Crippen molar-refractivity contribution in [3.05, 3.63) is 60.7 Å². The summed E-state index contributed by atoms with van der Waals surface area (Å²) in [5, 5.41) is 16.4. The molecule has 0 heterocycles. The number of carbonyl (C=O) groups is 2. The fourth-order valence-corrected chi connectivity index (χ4v) is 2.23. The average Bonchev–Trinajstić information content (AvgIpc) is 2.66. The highest BCUT2D eigenvalue weighted by Crippen LogP contribution is 2.17. The fourth-order valence-electron chi connectivity index (χ4n) is 2.23. The molecular weight excluding hydrogens is 318 g/mol. The molecule has 0 aromatic heterocycles. The first-order chi connectivity index (χ1) is 12.1. The number of hydroxylamine groups is 1. The van der Waals surface area contributed by atoms with Gasteiger partial charge in [-0.2, -0.15) is 0 Å². The molecule has 25 heavy (non-hydrogen) atoms. The molecule has 0 aliphatic carbocycles. The summed E-state index contributed by atoms with van der Waals surface area (Å²) in [6.45, 7) is 0. The molecule has 2 aromatic rings. The number of carboxylic acids is 1. The summed E-state index contributed by atoms with van der Waals surface area (Å²) < 4.78 is 0. The second-order valence-corrected chi connectivity index (χ2v) is 5.57. The number of amides is 1. The molecule has 1 amide bonds. The van der Waals surface area contributed by atoms with Gasteiger partial charge in [0.15, 0.2) is 0 Å². The second-order valence-electron chi connectivity index (χ2n) is 5.57. The fraction of sp³-hybridized carbons (Fsp3) is 0.300. The molecule has 0 fully saturated rings. The van der Waals surface area contributed by atoms with Crippen LogP contribution in [0.2, 0.25) is 0 Å². The van der Waals surface area contributed by atoms with Crippen LogP contribution >= 0.6 is 0 Å². The lowest BCUT2D eigenvalue weighted by atomic mass is 10.1. The minimum atomic E-state index is -0.784. The molecule has 134 valence electrons. The van der Waals surface area contributed by atoms with E-state index in [0.29, 0.717) is 19.3 Å². The highest BCUT2D eigenvalue weighted by Gasteiger charge is 1.99. The quantitative estimate of drug-likeness (QED) is 0.379. The van der Waals surface area contributed by atoms with E-state index in [-0.39, 0.29) is 6.42 Å². The Morgan fingerprint density at radius 2 is 1.16 bits per heavy atom. The van der Waals surface area contributed by atoms with Crippen LogP contribution in [0.1, 0.15) is 38.5 Å². The van der Waals surface area contributed by atoms with Crippen LogP contribution in [0, 0.1) is 0 Å². The minimum Gasteiger partial charge on any atom is -0.481 e. The second kappa shape index (κ2) is 12.7. The van der Waals surface area contributed by atoms with E-state index in [9.17, 15) is 9.59 Å². The molecule has 5 heteroatoms. The highest BCUT2D eigenvalue weighted by atomic mass is 16.5. The van der Waals surface area contributed by atoms with Gasteiger partial charge in [-0.25, -0.2) is 5.48 Å². The van der Waals surface area contributed by atoms with Crippen molar-refractivity contribution in [2.75, 3.05) is 0 Å². The maximum absolute atomic E-state index is 10.5. The standard InChI is InChI=1S/C12H10.C8H15NO4/c1-3-7-11(8-4-1)12-9-5-2-6-10-12;10-7(9-13)5-3-1-2-4-6-8(11)12/h1-10H;13H,1-6H2,(H,9,10)(H,11,12). The SMILES string of the molecule is O=C(O)CCCCCCC(=O)NO.c1ccc(-c2ccccc2)cc1. The number of nitrogens with one attached hydrogen (secondary N) is 1. The van der Waals surface area contributed by atoms with Gasteiger partial charge < -0.3 is 5.11 Å². The number of hydrogen-bond acceptors (Lipinski definition) is 3. The number of unbranched alkanes of at least 4 members (excludes halogenated alkanes) is 3. The van der Waals surface area contributed by atoms with Crippen molar-refractivity contribution in [2.45, 2.75) is 38.5 Å². The van der Waals surface area contributed by atoms with Gasteiger partial charge in [-0.05, 0) is 24.0 Å². The van der Waals surface area contributed by atoms with Crippen molar-refractivity contribution in [2.24, 2.45) is 0 Å². The van der Waals surface area contributed by atoms with Crippen molar-refractivity contribution < 1.29 is 19.9 Å². The Morgan fingerprint density at radius 3 is 1.56 bits per heavy atom. The van der Waals surface area contributed by atoms with Gasteiger partial charge in [0.05, 0.1) is 0 Å². The first-order valence-electron chi connectivity index (χ1n) is 8.38. The van der Waals surface area contributed by atoms with E-state index in [1.165, 1.54) is 11.1 Å². The van der Waals surface area contributed by atoms with Crippen LogP contribution in [0.15, 0.2) is 60.7 Å². The molecule has 0 radical (unpaired) electrons. The smallest absolute Gasteiger partial charge is 0.303 e. The van der Waals surface area contributed by atoms with E-state index in [1.807, 2.05) is 12.1 Å². The van der Waals surface area contributed by atoms with Crippen molar-refractivity contribution in [3.8, 4) is 11.1 Å². The van der Waals surface area contributed by atoms with Crippen LogP contribution in [0.25, 0.3) is 11.1 Å². The van der Waals surface area contributed by atoms with E-state index < -0.39 is 11.9 Å². The maximum Gasteiger partial charge on any atom is 0.303 e. The topological polar surface area (TPSA) is 86.6 Å². The first kappa shape index (κ1) is 20.4. The largest absolute Gasteiger partial charge is 0.481 e. The number of rotatable bonds is 8. The van der Waals surface area contributed by atoms with Crippen LogP contribution in [-0.4, -0.2) is 22.2 Å². The van der Waals surface area contributed by atoms with E-state index >= 15 is 0 Å². The molecule has 3 N–H and O–H groups in total. The Hall–Kier alpha value is -2.66. The third-order valence-corrected chi connectivity index (χ3v) is 3.55. The normalized spacial score (nSPS) is 9.64. The monoisotopic (exact) mass is 343 g/mol. The first-order valence-corrected chi connectivity index (χ1v) is 8.38. The Bertz CT molecular complexity index is 577. The van der Waals surface area contributed by atoms with Crippen LogP contribution in [0.3, 0.4) is 0 Å². The van der Waals surface area contributed by atoms with Gasteiger partial charge in [-0.15, -0.1) is 0 Å². The molecule has 0 unspecified atom stereocenters. The van der Waals surface area contributed by atoms with Crippen LogP contribution in [0.5, 0.6) is 0 Å². The third-order valence-electron chi connectivity index (χ3n) is 3.55. The lowest BCUT2D eigenvalue weighted by Gasteiger charge is -1.98.